The fourth-order valence-corrected chi connectivity index (χ4v) is 0.0619. The molecule has 0 saturated carbocycles. The minimum Gasteiger partial charge on any atom is -0.458 e. The zero-order valence-electron chi connectivity index (χ0n) is 3.39. The molecular formula is C3HCuF4. The molecule has 0 aliphatic rings. The molecule has 0 N–H and O–H groups in total. The average Bonchev–Trinajstić information content (AvgIpc) is 1.30. The topological polar surface area (TPSA) is 0 Å². The minimum atomic E-state index is -4.56. The van der Waals surface area contributed by atoms with Gasteiger partial charge in [-0.15, -0.1) is 6.08 Å². The summed E-state index contributed by atoms with van der Waals surface area (Å²) in [6.07, 6.45) is -4.81. The van der Waals surface area contributed by atoms with Gasteiger partial charge in [-0.3, -0.25) is 0 Å². The van der Waals surface area contributed by atoms with Gasteiger partial charge in [0.1, 0.15) is 0 Å². The van der Waals surface area contributed by atoms with Crippen molar-refractivity contribution < 1.29 is 34.6 Å². The standard InChI is InChI=1S/C3HF4.Cu/c4-2-1-3(5,6)7;/h1H;/q-1;+1. The van der Waals surface area contributed by atoms with Gasteiger partial charge in [-0.1, -0.05) is 0 Å². The van der Waals surface area contributed by atoms with Crippen LogP contribution in [0.4, 0.5) is 17.6 Å². The number of halogens is 4. The Labute approximate surface area is 54.0 Å². The Kier molecular flexibility index (Phi) is 5.33. The van der Waals surface area contributed by atoms with Crippen LogP contribution in [0, 0.1) is 6.33 Å². The third kappa shape index (κ3) is 9.36. The molecule has 0 spiro atoms. The van der Waals surface area contributed by atoms with E-state index in [0.717, 1.165) is 0 Å². The maximum absolute atomic E-state index is 10.7. The van der Waals surface area contributed by atoms with Crippen LogP contribution in [0.3, 0.4) is 0 Å². The van der Waals surface area contributed by atoms with Crippen molar-refractivity contribution in [2.45, 2.75) is 6.18 Å². The van der Waals surface area contributed by atoms with E-state index in [2.05, 4.69) is 0 Å². The average molecular weight is 177 g/mol. The van der Waals surface area contributed by atoms with Crippen molar-refractivity contribution in [2.75, 3.05) is 0 Å². The molecule has 5 heteroatoms. The minimum absolute atomic E-state index is 0. The van der Waals surface area contributed by atoms with Crippen molar-refractivity contribution in [3.8, 4) is 0 Å². The van der Waals surface area contributed by atoms with E-state index < -0.39 is 12.3 Å². The number of allylic oxidation sites excluding steroid dienone is 1. The predicted octanol–water partition coefficient (Wildman–Crippen LogP) is 1.83. The molecule has 8 heavy (non-hydrogen) atoms. The maximum atomic E-state index is 10.7. The largest absolute Gasteiger partial charge is 1.00 e. The van der Waals surface area contributed by atoms with Gasteiger partial charge in [0.15, 0.2) is 0 Å². The summed E-state index contributed by atoms with van der Waals surface area (Å²) in [7, 11) is 0. The van der Waals surface area contributed by atoms with E-state index in [-0.39, 0.29) is 17.1 Å². The normalized spacial score (nSPS) is 11.5. The zero-order chi connectivity index (χ0) is 5.91. The smallest absolute Gasteiger partial charge is 0.458 e. The monoisotopic (exact) mass is 176 g/mol. The van der Waals surface area contributed by atoms with Crippen molar-refractivity contribution in [2.24, 2.45) is 0 Å². The molecule has 0 heterocycles. The van der Waals surface area contributed by atoms with E-state index in [1.54, 1.807) is 0 Å². The van der Waals surface area contributed by atoms with Crippen LogP contribution in [0.1, 0.15) is 0 Å². The van der Waals surface area contributed by atoms with Crippen LogP contribution in [0.2, 0.25) is 0 Å². The Bertz CT molecular complexity index is 73.8. The Morgan fingerprint density at radius 2 is 1.62 bits per heavy atom. The van der Waals surface area contributed by atoms with Crippen molar-refractivity contribution in [3.63, 3.8) is 0 Å². The van der Waals surface area contributed by atoms with Gasteiger partial charge >= 0.3 is 23.2 Å². The Hall–Kier alpha value is -0.0205. The zero-order valence-corrected chi connectivity index (χ0v) is 4.33. The quantitative estimate of drug-likeness (QED) is 0.300. The summed E-state index contributed by atoms with van der Waals surface area (Å²) in [5, 5.41) is 0. The Morgan fingerprint density at radius 3 is 1.62 bits per heavy atom. The molecule has 0 fully saturated rings. The van der Waals surface area contributed by atoms with E-state index >= 15 is 0 Å². The first-order chi connectivity index (χ1) is 3.06. The molecule has 0 atom stereocenters. The maximum Gasteiger partial charge on any atom is 1.00 e. The van der Waals surface area contributed by atoms with Gasteiger partial charge in [0, 0.05) is 0 Å². The van der Waals surface area contributed by atoms with Crippen LogP contribution in [-0.4, -0.2) is 6.18 Å². The molecule has 0 amide bonds. The van der Waals surface area contributed by atoms with Crippen molar-refractivity contribution >= 4 is 0 Å². The van der Waals surface area contributed by atoms with Crippen LogP contribution in [0.5, 0.6) is 0 Å². The van der Waals surface area contributed by atoms with Gasteiger partial charge in [-0.05, 0) is 0 Å². The molecule has 0 aromatic carbocycles. The Balaban J connectivity index is 0. The molecule has 0 aromatic rings. The first kappa shape index (κ1) is 10.9. The molecule has 0 saturated heterocycles. The van der Waals surface area contributed by atoms with Crippen molar-refractivity contribution in [3.05, 3.63) is 12.4 Å². The number of hydrogen-bond donors (Lipinski definition) is 0. The van der Waals surface area contributed by atoms with E-state index in [1.165, 1.54) is 0 Å². The van der Waals surface area contributed by atoms with Crippen LogP contribution in [-0.2, 0) is 17.1 Å². The molecular weight excluding hydrogens is 176 g/mol. The number of hydrogen-bond acceptors (Lipinski definition) is 0. The van der Waals surface area contributed by atoms with Gasteiger partial charge in [0.2, 0.25) is 0 Å². The van der Waals surface area contributed by atoms with E-state index in [0.29, 0.717) is 6.33 Å². The third-order valence-corrected chi connectivity index (χ3v) is 0.218. The second-order valence-electron chi connectivity index (χ2n) is 0.795. The molecule has 0 rings (SSSR count). The second-order valence-corrected chi connectivity index (χ2v) is 0.795. The second kappa shape index (κ2) is 3.92. The van der Waals surface area contributed by atoms with Crippen LogP contribution in [0.15, 0.2) is 6.08 Å². The SMILES string of the molecule is F[C-]=CC(F)(F)F.[Cu+]. The van der Waals surface area contributed by atoms with Gasteiger partial charge in [0.25, 0.3) is 0 Å². The fraction of sp³-hybridized carbons (Fsp3) is 0.333. The first-order valence-electron chi connectivity index (χ1n) is 1.33. The molecule has 52 valence electrons. The molecule has 0 nitrogen and oxygen atoms in total. The molecule has 0 unspecified atom stereocenters. The summed E-state index contributed by atoms with van der Waals surface area (Å²) in [6, 6.07) is 0. The van der Waals surface area contributed by atoms with Gasteiger partial charge in [0.05, 0.1) is 0 Å². The van der Waals surface area contributed by atoms with Gasteiger partial charge < -0.3 is 10.7 Å². The summed E-state index contributed by atoms with van der Waals surface area (Å²) in [5.41, 5.74) is 0. The molecule has 0 bridgehead atoms. The molecule has 0 aromatic heterocycles. The predicted molar refractivity (Wildman–Crippen MR) is 15.0 cm³/mol. The van der Waals surface area contributed by atoms with Crippen LogP contribution in [0.25, 0.3) is 0 Å². The summed E-state index contributed by atoms with van der Waals surface area (Å²) < 4.78 is 42.6. The van der Waals surface area contributed by atoms with E-state index in [4.69, 9.17) is 0 Å². The van der Waals surface area contributed by atoms with E-state index in [1.807, 2.05) is 0 Å². The summed E-state index contributed by atoms with van der Waals surface area (Å²) in [4.78, 5) is 0. The third-order valence-electron chi connectivity index (χ3n) is 0.218. The molecule has 0 aliphatic heterocycles. The van der Waals surface area contributed by atoms with Gasteiger partial charge in [-0.2, -0.15) is 13.2 Å². The molecule has 0 radical (unpaired) electrons. The molecule has 0 aliphatic carbocycles. The first-order valence-corrected chi connectivity index (χ1v) is 1.33. The summed E-state index contributed by atoms with van der Waals surface area (Å²) in [6.45, 7) is 0. The summed E-state index contributed by atoms with van der Waals surface area (Å²) >= 11 is 0. The number of rotatable bonds is 0. The van der Waals surface area contributed by atoms with E-state index in [9.17, 15) is 17.6 Å². The number of alkyl halides is 3. The van der Waals surface area contributed by atoms with Crippen molar-refractivity contribution in [1.82, 2.24) is 0 Å². The van der Waals surface area contributed by atoms with Crippen LogP contribution >= 0.6 is 0 Å². The fourth-order valence-electron chi connectivity index (χ4n) is 0.0619. The summed E-state index contributed by atoms with van der Waals surface area (Å²) in [5.74, 6) is 0. The Morgan fingerprint density at radius 1 is 1.25 bits per heavy atom. The van der Waals surface area contributed by atoms with Crippen molar-refractivity contribution in [1.29, 1.82) is 0 Å². The van der Waals surface area contributed by atoms with Crippen LogP contribution < -0.4 is 0 Å². The van der Waals surface area contributed by atoms with Gasteiger partial charge in [-0.25, -0.2) is 0 Å².